The fourth-order valence-corrected chi connectivity index (χ4v) is 3.60. The number of pyridine rings is 1. The molecule has 2 heterocycles. The first kappa shape index (κ1) is 18.6. The molecule has 0 radical (unpaired) electrons. The number of benzene rings is 1. The normalized spacial score (nSPS) is 13.6. The van der Waals surface area contributed by atoms with Gasteiger partial charge >= 0.3 is 0 Å². The number of ether oxygens (including phenoxy) is 2. The van der Waals surface area contributed by atoms with Crippen molar-refractivity contribution in [3.8, 4) is 22.8 Å². The van der Waals surface area contributed by atoms with Crippen molar-refractivity contribution in [2.45, 2.75) is 19.8 Å². The molecule has 1 aromatic carbocycles. The minimum Gasteiger partial charge on any atom is -0.496 e. The molecule has 0 spiro atoms. The Balaban J connectivity index is 1.92. The predicted octanol–water partition coefficient (Wildman–Crippen LogP) is 4.07. The minimum absolute atomic E-state index is 0.216. The maximum Gasteiger partial charge on any atom is 0.220 e. The average Bonchev–Trinajstić information content (AvgIpc) is 3.51. The monoisotopic (exact) mass is 399 g/mol. The fourth-order valence-electron chi connectivity index (χ4n) is 3.23. The van der Waals surface area contributed by atoms with Gasteiger partial charge in [0.15, 0.2) is 5.82 Å². The van der Waals surface area contributed by atoms with Gasteiger partial charge in [0.2, 0.25) is 5.95 Å². The molecule has 1 fully saturated rings. The molecule has 1 saturated carbocycles. The summed E-state index contributed by atoms with van der Waals surface area (Å²) in [6.45, 7) is 2.80. The highest BCUT2D eigenvalue weighted by Crippen LogP contribution is 2.43. The maximum absolute atomic E-state index is 6.65. The molecule has 28 heavy (non-hydrogen) atoms. The molecule has 0 unspecified atom stereocenters. The largest absolute Gasteiger partial charge is 0.496 e. The van der Waals surface area contributed by atoms with E-state index in [4.69, 9.17) is 31.8 Å². The van der Waals surface area contributed by atoms with E-state index >= 15 is 0 Å². The lowest BCUT2D eigenvalue weighted by atomic mass is 10.0. The van der Waals surface area contributed by atoms with Crippen molar-refractivity contribution in [1.82, 2.24) is 15.0 Å². The number of fused-ring (bicyclic) bond motifs is 1. The zero-order valence-corrected chi connectivity index (χ0v) is 16.8. The second-order valence-corrected chi connectivity index (χ2v) is 7.32. The Morgan fingerprint density at radius 2 is 1.93 bits per heavy atom. The van der Waals surface area contributed by atoms with Gasteiger partial charge in [0.05, 0.1) is 24.9 Å². The van der Waals surface area contributed by atoms with E-state index in [1.54, 1.807) is 26.5 Å². The lowest BCUT2D eigenvalue weighted by Gasteiger charge is -2.17. The van der Waals surface area contributed by atoms with Crippen LogP contribution < -0.4 is 20.5 Å². The average molecular weight is 400 g/mol. The Morgan fingerprint density at radius 3 is 2.61 bits per heavy atom. The van der Waals surface area contributed by atoms with Crippen molar-refractivity contribution in [3.63, 3.8) is 0 Å². The van der Waals surface area contributed by atoms with Gasteiger partial charge in [-0.15, -0.1) is 0 Å². The second-order valence-electron chi connectivity index (χ2n) is 6.94. The first-order valence-corrected chi connectivity index (χ1v) is 9.48. The van der Waals surface area contributed by atoms with E-state index in [-0.39, 0.29) is 5.95 Å². The molecule has 4 rings (SSSR count). The van der Waals surface area contributed by atoms with Crippen LogP contribution in [0.15, 0.2) is 18.3 Å². The van der Waals surface area contributed by atoms with Gasteiger partial charge in [-0.05, 0) is 31.7 Å². The van der Waals surface area contributed by atoms with Crippen LogP contribution in [0.5, 0.6) is 11.5 Å². The van der Waals surface area contributed by atoms with Gasteiger partial charge < -0.3 is 20.5 Å². The highest BCUT2D eigenvalue weighted by molar-refractivity contribution is 6.35. The molecule has 3 aromatic rings. The molecule has 0 bridgehead atoms. The van der Waals surface area contributed by atoms with Crippen LogP contribution in [-0.2, 0) is 0 Å². The standard InChI is InChI=1S/C20H22ClN5O2/c1-10-14(27-2)7-15(28-3)17(21)16(10)13-6-12-9-24-20(22)26-18(12)19(25-13)23-8-11-4-5-11/h6-7,9,11H,4-5,8H2,1-3H3,(H,23,25)(H2,22,24,26). The SMILES string of the molecule is COc1cc(OC)c(Cl)c(-c2cc3cnc(N)nc3c(NCC3CC3)n2)c1C. The van der Waals surface area contributed by atoms with Gasteiger partial charge in [0.1, 0.15) is 17.0 Å². The number of nitrogens with one attached hydrogen (secondary N) is 1. The van der Waals surface area contributed by atoms with Crippen molar-refractivity contribution >= 4 is 34.3 Å². The Labute approximate surface area is 168 Å². The molecule has 146 valence electrons. The van der Waals surface area contributed by atoms with E-state index in [1.807, 2.05) is 13.0 Å². The maximum atomic E-state index is 6.65. The molecule has 2 aromatic heterocycles. The molecular formula is C20H22ClN5O2. The highest BCUT2D eigenvalue weighted by atomic mass is 35.5. The van der Waals surface area contributed by atoms with Crippen molar-refractivity contribution in [1.29, 1.82) is 0 Å². The molecule has 3 N–H and O–H groups in total. The first-order chi connectivity index (χ1) is 13.5. The van der Waals surface area contributed by atoms with Crippen LogP contribution in [-0.4, -0.2) is 35.7 Å². The number of nitrogens with zero attached hydrogens (tertiary/aromatic N) is 3. The number of aromatic nitrogens is 3. The summed E-state index contributed by atoms with van der Waals surface area (Å²) in [7, 11) is 3.19. The number of methoxy groups -OCH3 is 2. The van der Waals surface area contributed by atoms with Crippen LogP contribution in [0.25, 0.3) is 22.2 Å². The van der Waals surface area contributed by atoms with Crippen LogP contribution in [0.1, 0.15) is 18.4 Å². The number of nitrogen functional groups attached to an aromatic ring is 1. The molecule has 0 amide bonds. The van der Waals surface area contributed by atoms with E-state index < -0.39 is 0 Å². The van der Waals surface area contributed by atoms with E-state index in [9.17, 15) is 0 Å². The number of rotatable bonds is 6. The summed E-state index contributed by atoms with van der Waals surface area (Å²) in [6.07, 6.45) is 4.17. The lowest BCUT2D eigenvalue weighted by Crippen LogP contribution is -2.08. The van der Waals surface area contributed by atoms with Gasteiger partial charge in [0, 0.05) is 35.3 Å². The topological polar surface area (TPSA) is 95.2 Å². The zero-order valence-electron chi connectivity index (χ0n) is 16.0. The van der Waals surface area contributed by atoms with Gasteiger partial charge in [-0.1, -0.05) is 11.6 Å². The van der Waals surface area contributed by atoms with E-state index in [1.165, 1.54) is 12.8 Å². The van der Waals surface area contributed by atoms with Crippen molar-refractivity contribution in [2.24, 2.45) is 5.92 Å². The zero-order chi connectivity index (χ0) is 19.8. The van der Waals surface area contributed by atoms with E-state index in [2.05, 4.69) is 15.3 Å². The van der Waals surface area contributed by atoms with Gasteiger partial charge in [0.25, 0.3) is 0 Å². The second kappa shape index (κ2) is 7.31. The van der Waals surface area contributed by atoms with Crippen LogP contribution in [0.4, 0.5) is 11.8 Å². The smallest absolute Gasteiger partial charge is 0.220 e. The van der Waals surface area contributed by atoms with E-state index in [0.717, 1.165) is 23.1 Å². The summed E-state index contributed by atoms with van der Waals surface area (Å²) in [5, 5.41) is 4.73. The molecule has 0 saturated heterocycles. The van der Waals surface area contributed by atoms with Gasteiger partial charge in [-0.2, -0.15) is 0 Å². The fraction of sp³-hybridized carbons (Fsp3) is 0.350. The summed E-state index contributed by atoms with van der Waals surface area (Å²) in [6, 6.07) is 3.68. The quantitative estimate of drug-likeness (QED) is 0.644. The van der Waals surface area contributed by atoms with Crippen molar-refractivity contribution in [2.75, 3.05) is 31.8 Å². The van der Waals surface area contributed by atoms with Crippen LogP contribution in [0.3, 0.4) is 0 Å². The first-order valence-electron chi connectivity index (χ1n) is 9.10. The predicted molar refractivity (Wildman–Crippen MR) is 111 cm³/mol. The Morgan fingerprint density at radius 1 is 1.18 bits per heavy atom. The minimum atomic E-state index is 0.216. The Bertz CT molecular complexity index is 1020. The number of halogens is 1. The molecule has 1 aliphatic rings. The molecular weight excluding hydrogens is 378 g/mol. The molecule has 1 aliphatic carbocycles. The number of hydrogen-bond acceptors (Lipinski definition) is 7. The van der Waals surface area contributed by atoms with Crippen molar-refractivity contribution in [3.05, 3.63) is 28.9 Å². The lowest BCUT2D eigenvalue weighted by molar-refractivity contribution is 0.393. The third-order valence-corrected chi connectivity index (χ3v) is 5.35. The molecule has 0 aliphatic heterocycles. The molecule has 7 nitrogen and oxygen atoms in total. The van der Waals surface area contributed by atoms with E-state index in [0.29, 0.717) is 39.5 Å². The summed E-state index contributed by atoms with van der Waals surface area (Å²) in [4.78, 5) is 13.3. The third-order valence-electron chi connectivity index (χ3n) is 4.98. The summed E-state index contributed by atoms with van der Waals surface area (Å²) >= 11 is 6.65. The van der Waals surface area contributed by atoms with Crippen LogP contribution >= 0.6 is 11.6 Å². The van der Waals surface area contributed by atoms with Crippen LogP contribution in [0, 0.1) is 12.8 Å². The summed E-state index contributed by atoms with van der Waals surface area (Å²) < 4.78 is 10.9. The molecule has 0 atom stereocenters. The van der Waals surface area contributed by atoms with Gasteiger partial charge in [-0.3, -0.25) is 0 Å². The Kier molecular flexibility index (Phi) is 4.85. The number of hydrogen-bond donors (Lipinski definition) is 2. The Hall–Kier alpha value is -2.80. The summed E-state index contributed by atoms with van der Waals surface area (Å²) in [5.41, 5.74) is 8.83. The number of anilines is 2. The number of nitrogens with two attached hydrogens (primary N) is 1. The summed E-state index contributed by atoms with van der Waals surface area (Å²) in [5.74, 6) is 2.78. The highest BCUT2D eigenvalue weighted by Gasteiger charge is 2.23. The molecule has 8 heteroatoms. The third kappa shape index (κ3) is 3.38. The van der Waals surface area contributed by atoms with Crippen molar-refractivity contribution < 1.29 is 9.47 Å². The van der Waals surface area contributed by atoms with Gasteiger partial charge in [-0.25, -0.2) is 15.0 Å². The van der Waals surface area contributed by atoms with Crippen LogP contribution in [0.2, 0.25) is 5.02 Å².